The van der Waals surface area contributed by atoms with Gasteiger partial charge in [0.2, 0.25) is 0 Å². The fourth-order valence-corrected chi connectivity index (χ4v) is 3.87. The third kappa shape index (κ3) is 2.84. The predicted octanol–water partition coefficient (Wildman–Crippen LogP) is 2.50. The number of rotatable bonds is 2. The van der Waals surface area contributed by atoms with Gasteiger partial charge in [0.1, 0.15) is 5.65 Å². The molecule has 3 aromatic heterocycles. The summed E-state index contributed by atoms with van der Waals surface area (Å²) >= 11 is 0. The maximum absolute atomic E-state index is 12.9. The molecule has 4 aromatic rings. The van der Waals surface area contributed by atoms with E-state index < -0.39 is 0 Å². The number of amides is 1. The Balaban J connectivity index is 1.53. The number of nitrogens with zero attached hydrogens (tertiary/aromatic N) is 5. The van der Waals surface area contributed by atoms with Gasteiger partial charge in [-0.05, 0) is 30.8 Å². The standard InChI is InChI=1S/C21H22N6O/c1-25-5-7-27(8-6-25)21(28)15-10-17-18(12-23-20(17)22-11-15)14-3-4-19-16(9-14)13-26(2)24-19/h3-4,9-13H,5-8H2,1-2H3,(H,22,23). The molecule has 4 heterocycles. The van der Waals surface area contributed by atoms with Crippen LogP contribution in [-0.2, 0) is 7.05 Å². The van der Waals surface area contributed by atoms with Crippen LogP contribution < -0.4 is 0 Å². The molecule has 1 amide bonds. The van der Waals surface area contributed by atoms with E-state index >= 15 is 0 Å². The molecule has 1 N–H and O–H groups in total. The summed E-state index contributed by atoms with van der Waals surface area (Å²) < 4.78 is 1.82. The SMILES string of the molecule is CN1CCN(C(=O)c2cnc3[nH]cc(-c4ccc5nn(C)cc5c4)c3c2)CC1. The first-order valence-electron chi connectivity index (χ1n) is 9.47. The minimum absolute atomic E-state index is 0.0531. The molecule has 0 aliphatic carbocycles. The number of H-pyrrole nitrogens is 1. The zero-order valence-electron chi connectivity index (χ0n) is 16.0. The number of piperazine rings is 1. The number of carbonyl (C=O) groups is 1. The van der Waals surface area contributed by atoms with Gasteiger partial charge >= 0.3 is 0 Å². The summed E-state index contributed by atoms with van der Waals surface area (Å²) in [6.07, 6.45) is 5.64. The monoisotopic (exact) mass is 374 g/mol. The lowest BCUT2D eigenvalue weighted by Crippen LogP contribution is -2.47. The Bertz CT molecular complexity index is 1180. The Morgan fingerprint density at radius 1 is 1.11 bits per heavy atom. The number of aryl methyl sites for hydroxylation is 1. The third-order valence-electron chi connectivity index (χ3n) is 5.50. The van der Waals surface area contributed by atoms with Crippen LogP contribution in [0.4, 0.5) is 0 Å². The zero-order valence-corrected chi connectivity index (χ0v) is 16.0. The van der Waals surface area contributed by atoms with Crippen LogP contribution in [0.1, 0.15) is 10.4 Å². The Morgan fingerprint density at radius 3 is 2.75 bits per heavy atom. The first-order valence-corrected chi connectivity index (χ1v) is 9.47. The Labute approximate surface area is 162 Å². The number of nitrogens with one attached hydrogen (secondary N) is 1. The zero-order chi connectivity index (χ0) is 19.3. The molecular formula is C21H22N6O. The minimum atomic E-state index is 0.0531. The highest BCUT2D eigenvalue weighted by atomic mass is 16.2. The summed E-state index contributed by atoms with van der Waals surface area (Å²) in [7, 11) is 4.01. The van der Waals surface area contributed by atoms with Crippen LogP contribution in [0.3, 0.4) is 0 Å². The van der Waals surface area contributed by atoms with E-state index in [1.165, 1.54) is 0 Å². The van der Waals surface area contributed by atoms with E-state index in [9.17, 15) is 4.79 Å². The van der Waals surface area contributed by atoms with Crippen molar-refractivity contribution in [1.29, 1.82) is 0 Å². The summed E-state index contributed by atoms with van der Waals surface area (Å²) in [5, 5.41) is 6.49. The van der Waals surface area contributed by atoms with E-state index in [2.05, 4.69) is 39.1 Å². The molecule has 7 heteroatoms. The molecule has 1 aromatic carbocycles. The van der Waals surface area contributed by atoms with Crippen molar-refractivity contribution >= 4 is 27.8 Å². The number of pyridine rings is 1. The van der Waals surface area contributed by atoms with Crippen molar-refractivity contribution in [3.8, 4) is 11.1 Å². The molecule has 1 fully saturated rings. The van der Waals surface area contributed by atoms with Gasteiger partial charge in [0.15, 0.2) is 0 Å². The summed E-state index contributed by atoms with van der Waals surface area (Å²) in [5.41, 5.74) is 4.52. The highest BCUT2D eigenvalue weighted by Gasteiger charge is 2.21. The largest absolute Gasteiger partial charge is 0.346 e. The molecule has 0 unspecified atom stereocenters. The topological polar surface area (TPSA) is 70.1 Å². The predicted molar refractivity (Wildman–Crippen MR) is 109 cm³/mol. The summed E-state index contributed by atoms with van der Waals surface area (Å²) in [6.45, 7) is 3.32. The van der Waals surface area contributed by atoms with Crippen molar-refractivity contribution in [2.75, 3.05) is 33.2 Å². The van der Waals surface area contributed by atoms with Crippen molar-refractivity contribution in [3.05, 3.63) is 48.4 Å². The molecular weight excluding hydrogens is 352 g/mol. The number of aromatic amines is 1. The molecule has 1 aliphatic heterocycles. The van der Waals surface area contributed by atoms with Gasteiger partial charge in [-0.3, -0.25) is 9.48 Å². The fourth-order valence-electron chi connectivity index (χ4n) is 3.87. The first kappa shape index (κ1) is 16.9. The van der Waals surface area contributed by atoms with Gasteiger partial charge in [0, 0.05) is 68.2 Å². The van der Waals surface area contributed by atoms with Gasteiger partial charge in [-0.1, -0.05) is 6.07 Å². The second kappa shape index (κ2) is 6.45. The molecule has 5 rings (SSSR count). The van der Waals surface area contributed by atoms with Crippen LogP contribution in [0.2, 0.25) is 0 Å². The quantitative estimate of drug-likeness (QED) is 0.585. The maximum atomic E-state index is 12.9. The highest BCUT2D eigenvalue weighted by Crippen LogP contribution is 2.30. The van der Waals surface area contributed by atoms with Crippen LogP contribution in [0.25, 0.3) is 33.1 Å². The molecule has 0 saturated carbocycles. The van der Waals surface area contributed by atoms with Crippen LogP contribution in [0.15, 0.2) is 42.9 Å². The molecule has 0 bridgehead atoms. The number of aromatic nitrogens is 4. The minimum Gasteiger partial charge on any atom is -0.346 e. The van der Waals surface area contributed by atoms with Crippen LogP contribution in [-0.4, -0.2) is 68.7 Å². The molecule has 0 spiro atoms. The molecule has 0 radical (unpaired) electrons. The van der Waals surface area contributed by atoms with Crippen LogP contribution >= 0.6 is 0 Å². The second-order valence-corrected chi connectivity index (χ2v) is 7.49. The smallest absolute Gasteiger partial charge is 0.255 e. The van der Waals surface area contributed by atoms with Gasteiger partial charge in [-0.2, -0.15) is 5.10 Å². The highest BCUT2D eigenvalue weighted by molar-refractivity contribution is 6.01. The van der Waals surface area contributed by atoms with Crippen molar-refractivity contribution in [1.82, 2.24) is 29.5 Å². The number of hydrogen-bond donors (Lipinski definition) is 1. The molecule has 1 aliphatic rings. The van der Waals surface area contributed by atoms with Crippen molar-refractivity contribution in [2.45, 2.75) is 0 Å². The molecule has 7 nitrogen and oxygen atoms in total. The molecule has 0 atom stereocenters. The molecule has 1 saturated heterocycles. The summed E-state index contributed by atoms with van der Waals surface area (Å²) in [4.78, 5) is 24.8. The Morgan fingerprint density at radius 2 is 1.93 bits per heavy atom. The summed E-state index contributed by atoms with van der Waals surface area (Å²) in [6, 6.07) is 8.17. The maximum Gasteiger partial charge on any atom is 0.255 e. The van der Waals surface area contributed by atoms with Gasteiger partial charge < -0.3 is 14.8 Å². The summed E-state index contributed by atoms with van der Waals surface area (Å²) in [5.74, 6) is 0.0531. The normalized spacial score (nSPS) is 15.6. The number of hydrogen-bond acceptors (Lipinski definition) is 4. The number of likely N-dealkylation sites (N-methyl/N-ethyl adjacent to an activating group) is 1. The van der Waals surface area contributed by atoms with E-state index in [4.69, 9.17) is 0 Å². The Kier molecular flexibility index (Phi) is 3.91. The fraction of sp³-hybridized carbons (Fsp3) is 0.286. The number of carbonyl (C=O) groups excluding carboxylic acids is 1. The lowest BCUT2D eigenvalue weighted by Gasteiger charge is -2.32. The average molecular weight is 374 g/mol. The molecule has 142 valence electrons. The lowest BCUT2D eigenvalue weighted by molar-refractivity contribution is 0.0664. The van der Waals surface area contributed by atoms with Crippen LogP contribution in [0, 0.1) is 0 Å². The van der Waals surface area contributed by atoms with E-state index in [0.717, 1.165) is 59.2 Å². The first-order chi connectivity index (χ1) is 13.6. The lowest BCUT2D eigenvalue weighted by atomic mass is 10.0. The average Bonchev–Trinajstić information content (AvgIpc) is 3.29. The van der Waals surface area contributed by atoms with Gasteiger partial charge in [-0.15, -0.1) is 0 Å². The van der Waals surface area contributed by atoms with Gasteiger partial charge in [-0.25, -0.2) is 4.98 Å². The second-order valence-electron chi connectivity index (χ2n) is 7.49. The van der Waals surface area contributed by atoms with Crippen molar-refractivity contribution in [3.63, 3.8) is 0 Å². The van der Waals surface area contributed by atoms with Crippen LogP contribution in [0.5, 0.6) is 0 Å². The third-order valence-corrected chi connectivity index (χ3v) is 5.50. The van der Waals surface area contributed by atoms with E-state index in [1.54, 1.807) is 6.20 Å². The van der Waals surface area contributed by atoms with E-state index in [0.29, 0.717) is 5.56 Å². The molecule has 28 heavy (non-hydrogen) atoms. The van der Waals surface area contributed by atoms with E-state index in [1.807, 2.05) is 41.2 Å². The van der Waals surface area contributed by atoms with Crippen molar-refractivity contribution in [2.24, 2.45) is 7.05 Å². The Hall–Kier alpha value is -3.19. The number of fused-ring (bicyclic) bond motifs is 2. The van der Waals surface area contributed by atoms with Gasteiger partial charge in [0.25, 0.3) is 5.91 Å². The number of benzene rings is 1. The van der Waals surface area contributed by atoms with Gasteiger partial charge in [0.05, 0.1) is 11.1 Å². The van der Waals surface area contributed by atoms with E-state index in [-0.39, 0.29) is 5.91 Å². The van der Waals surface area contributed by atoms with Crippen molar-refractivity contribution < 1.29 is 4.79 Å².